The van der Waals surface area contributed by atoms with Gasteiger partial charge in [-0.05, 0) is 44.7 Å². The van der Waals surface area contributed by atoms with E-state index in [-0.39, 0.29) is 5.91 Å². The molecule has 2 heterocycles. The Balaban J connectivity index is 1.56. The average molecular weight is 337 g/mol. The number of rotatable bonds is 6. The van der Waals surface area contributed by atoms with Crippen LogP contribution in [0.4, 0.5) is 5.82 Å². The zero-order chi connectivity index (χ0) is 17.8. The monoisotopic (exact) mass is 337 g/mol. The molecule has 1 aromatic carbocycles. The maximum Gasteiger partial charge on any atom is 0.230 e. The number of carbonyl (C=O) groups is 1. The summed E-state index contributed by atoms with van der Waals surface area (Å²) in [4.78, 5) is 12.2. The molecule has 0 saturated heterocycles. The molecular weight excluding hydrogens is 314 g/mol. The molecule has 2 aromatic heterocycles. The smallest absolute Gasteiger partial charge is 0.230 e. The Morgan fingerprint density at radius 1 is 1.08 bits per heavy atom. The summed E-state index contributed by atoms with van der Waals surface area (Å²) in [6.07, 6.45) is 2.09. The molecule has 0 atom stereocenters. The Kier molecular flexibility index (Phi) is 4.97. The Labute approximate surface area is 147 Å². The highest BCUT2D eigenvalue weighted by molar-refractivity contribution is 5.91. The standard InChI is InChI=1S/C19H23N5O/c1-12-6-4-5-7-15(12)8-9-16-10-18(24-23-16)20-19(25)11-17-13(2)21-22-14(17)3/h4-7,10H,8-9,11H2,1-3H3,(H,21,22)(H2,20,23,24,25). The predicted octanol–water partition coefficient (Wildman–Crippen LogP) is 3.02. The minimum Gasteiger partial charge on any atom is -0.309 e. The summed E-state index contributed by atoms with van der Waals surface area (Å²) in [6.45, 7) is 5.93. The van der Waals surface area contributed by atoms with Gasteiger partial charge in [0, 0.05) is 23.0 Å². The molecule has 0 saturated carbocycles. The minimum atomic E-state index is -0.0930. The molecular formula is C19H23N5O. The van der Waals surface area contributed by atoms with Crippen LogP contribution < -0.4 is 5.32 Å². The normalized spacial score (nSPS) is 10.8. The van der Waals surface area contributed by atoms with Crippen LogP contribution in [-0.2, 0) is 24.1 Å². The summed E-state index contributed by atoms with van der Waals surface area (Å²) in [6, 6.07) is 10.3. The number of H-pyrrole nitrogens is 2. The van der Waals surface area contributed by atoms with Crippen LogP contribution in [-0.4, -0.2) is 26.3 Å². The summed E-state index contributed by atoms with van der Waals surface area (Å²) in [5, 5.41) is 17.0. The quantitative estimate of drug-likeness (QED) is 0.646. The molecule has 0 spiro atoms. The maximum absolute atomic E-state index is 12.2. The number of carbonyl (C=O) groups excluding carboxylic acids is 1. The zero-order valence-electron chi connectivity index (χ0n) is 14.8. The fraction of sp³-hybridized carbons (Fsp3) is 0.316. The van der Waals surface area contributed by atoms with E-state index in [9.17, 15) is 4.79 Å². The summed E-state index contributed by atoms with van der Waals surface area (Å²) in [7, 11) is 0. The third-order valence-electron chi connectivity index (χ3n) is 4.44. The molecule has 6 nitrogen and oxygen atoms in total. The second-order valence-corrected chi connectivity index (χ2v) is 6.34. The number of hydrogen-bond acceptors (Lipinski definition) is 3. The van der Waals surface area contributed by atoms with E-state index in [1.807, 2.05) is 26.0 Å². The highest BCUT2D eigenvalue weighted by Crippen LogP contribution is 2.14. The van der Waals surface area contributed by atoms with Crippen LogP contribution in [0.5, 0.6) is 0 Å². The van der Waals surface area contributed by atoms with Crippen molar-refractivity contribution in [2.45, 2.75) is 40.0 Å². The summed E-state index contributed by atoms with van der Waals surface area (Å²) < 4.78 is 0. The third kappa shape index (κ3) is 4.15. The number of benzene rings is 1. The first-order valence-corrected chi connectivity index (χ1v) is 8.42. The average Bonchev–Trinajstić information content (AvgIpc) is 3.15. The van der Waals surface area contributed by atoms with Crippen molar-refractivity contribution in [1.29, 1.82) is 0 Å². The van der Waals surface area contributed by atoms with Crippen molar-refractivity contribution >= 4 is 11.7 Å². The van der Waals surface area contributed by atoms with Gasteiger partial charge in [-0.2, -0.15) is 10.2 Å². The number of aromatic nitrogens is 4. The van der Waals surface area contributed by atoms with Crippen LogP contribution in [0.1, 0.15) is 33.8 Å². The molecule has 3 rings (SSSR count). The van der Waals surface area contributed by atoms with Gasteiger partial charge < -0.3 is 5.32 Å². The molecule has 0 aliphatic heterocycles. The molecule has 25 heavy (non-hydrogen) atoms. The number of nitrogens with zero attached hydrogens (tertiary/aromatic N) is 2. The Morgan fingerprint density at radius 3 is 2.60 bits per heavy atom. The van der Waals surface area contributed by atoms with Crippen LogP contribution in [0, 0.1) is 20.8 Å². The van der Waals surface area contributed by atoms with Gasteiger partial charge in [-0.15, -0.1) is 0 Å². The van der Waals surface area contributed by atoms with Gasteiger partial charge in [0.05, 0.1) is 12.1 Å². The van der Waals surface area contributed by atoms with Gasteiger partial charge in [0.1, 0.15) is 0 Å². The highest BCUT2D eigenvalue weighted by Gasteiger charge is 2.13. The second-order valence-electron chi connectivity index (χ2n) is 6.34. The van der Waals surface area contributed by atoms with Gasteiger partial charge >= 0.3 is 0 Å². The minimum absolute atomic E-state index is 0.0930. The summed E-state index contributed by atoms with van der Waals surface area (Å²) in [5.41, 5.74) is 6.35. The molecule has 3 aromatic rings. The lowest BCUT2D eigenvalue weighted by molar-refractivity contribution is -0.115. The summed E-state index contributed by atoms with van der Waals surface area (Å²) in [5.74, 6) is 0.466. The Bertz CT molecular complexity index is 858. The van der Waals surface area contributed by atoms with Gasteiger partial charge in [-0.3, -0.25) is 15.0 Å². The van der Waals surface area contributed by atoms with E-state index in [0.717, 1.165) is 35.5 Å². The molecule has 0 fully saturated rings. The van der Waals surface area contributed by atoms with Crippen molar-refractivity contribution in [3.63, 3.8) is 0 Å². The van der Waals surface area contributed by atoms with Crippen LogP contribution >= 0.6 is 0 Å². The van der Waals surface area contributed by atoms with Gasteiger partial charge in [-0.25, -0.2) is 0 Å². The number of aromatic amines is 2. The van der Waals surface area contributed by atoms with E-state index in [0.29, 0.717) is 12.2 Å². The van der Waals surface area contributed by atoms with Crippen LogP contribution in [0.15, 0.2) is 30.3 Å². The molecule has 0 aliphatic carbocycles. The largest absolute Gasteiger partial charge is 0.309 e. The van der Waals surface area contributed by atoms with Crippen molar-refractivity contribution < 1.29 is 4.79 Å². The molecule has 130 valence electrons. The SMILES string of the molecule is Cc1ccccc1CCc1cc(NC(=O)Cc2c(C)n[nH]c2C)n[nH]1. The van der Waals surface area contributed by atoms with Crippen molar-refractivity contribution in [1.82, 2.24) is 20.4 Å². The van der Waals surface area contributed by atoms with Crippen molar-refractivity contribution in [2.24, 2.45) is 0 Å². The van der Waals surface area contributed by atoms with E-state index in [1.165, 1.54) is 11.1 Å². The molecule has 6 heteroatoms. The number of amides is 1. The topological polar surface area (TPSA) is 86.5 Å². The van der Waals surface area contributed by atoms with E-state index in [1.54, 1.807) is 0 Å². The fourth-order valence-electron chi connectivity index (χ4n) is 2.90. The Hall–Kier alpha value is -2.89. The number of nitrogens with one attached hydrogen (secondary N) is 3. The lowest BCUT2D eigenvalue weighted by atomic mass is 10.0. The molecule has 3 N–H and O–H groups in total. The van der Waals surface area contributed by atoms with Gasteiger partial charge in [0.15, 0.2) is 5.82 Å². The first-order chi connectivity index (χ1) is 12.0. The summed E-state index contributed by atoms with van der Waals surface area (Å²) >= 11 is 0. The number of aryl methyl sites for hydroxylation is 5. The lowest BCUT2D eigenvalue weighted by Crippen LogP contribution is -2.15. The fourth-order valence-corrected chi connectivity index (χ4v) is 2.90. The van der Waals surface area contributed by atoms with Crippen LogP contribution in [0.3, 0.4) is 0 Å². The Morgan fingerprint density at radius 2 is 1.88 bits per heavy atom. The van der Waals surface area contributed by atoms with Crippen molar-refractivity contribution in [3.05, 3.63) is 64.1 Å². The van der Waals surface area contributed by atoms with Gasteiger partial charge in [-0.1, -0.05) is 24.3 Å². The third-order valence-corrected chi connectivity index (χ3v) is 4.44. The molecule has 0 aliphatic rings. The van der Waals surface area contributed by atoms with E-state index in [4.69, 9.17) is 0 Å². The highest BCUT2D eigenvalue weighted by atomic mass is 16.1. The van der Waals surface area contributed by atoms with E-state index in [2.05, 4.69) is 50.8 Å². The number of anilines is 1. The first-order valence-electron chi connectivity index (χ1n) is 8.42. The lowest BCUT2D eigenvalue weighted by Gasteiger charge is -2.03. The second kappa shape index (κ2) is 7.34. The molecule has 0 radical (unpaired) electrons. The predicted molar refractivity (Wildman–Crippen MR) is 97.6 cm³/mol. The van der Waals surface area contributed by atoms with E-state index < -0.39 is 0 Å². The van der Waals surface area contributed by atoms with Crippen LogP contribution in [0.2, 0.25) is 0 Å². The molecule has 1 amide bonds. The first kappa shape index (κ1) is 17.0. The van der Waals surface area contributed by atoms with E-state index >= 15 is 0 Å². The molecule has 0 unspecified atom stereocenters. The van der Waals surface area contributed by atoms with Crippen LogP contribution in [0.25, 0.3) is 0 Å². The maximum atomic E-state index is 12.2. The zero-order valence-corrected chi connectivity index (χ0v) is 14.8. The van der Waals surface area contributed by atoms with Crippen molar-refractivity contribution in [3.8, 4) is 0 Å². The van der Waals surface area contributed by atoms with Gasteiger partial charge in [0.2, 0.25) is 5.91 Å². The van der Waals surface area contributed by atoms with Crippen molar-refractivity contribution in [2.75, 3.05) is 5.32 Å². The van der Waals surface area contributed by atoms with Gasteiger partial charge in [0.25, 0.3) is 0 Å². The molecule has 0 bridgehead atoms. The number of hydrogen-bond donors (Lipinski definition) is 3.